The molecule has 2 aromatic carbocycles. The van der Waals surface area contributed by atoms with E-state index in [1.54, 1.807) is 12.1 Å². The molecule has 3 heterocycles. The van der Waals surface area contributed by atoms with Crippen molar-refractivity contribution in [3.63, 3.8) is 0 Å². The average Bonchev–Trinajstić information content (AvgIpc) is 3.45. The minimum Gasteiger partial charge on any atom is -0.414 e. The summed E-state index contributed by atoms with van der Waals surface area (Å²) >= 11 is 0. The highest BCUT2D eigenvalue weighted by Crippen LogP contribution is 2.47. The minimum atomic E-state index is -3.92. The molecule has 0 unspecified atom stereocenters. The van der Waals surface area contributed by atoms with Crippen molar-refractivity contribution in [3.8, 4) is 0 Å². The predicted octanol–water partition coefficient (Wildman–Crippen LogP) is 6.17. The average molecular weight is 558 g/mol. The second kappa shape index (κ2) is 9.28. The molecule has 2 saturated heterocycles. The van der Waals surface area contributed by atoms with Crippen LogP contribution in [0.5, 0.6) is 0 Å². The van der Waals surface area contributed by atoms with Gasteiger partial charge < -0.3 is 18.6 Å². The maximum atomic E-state index is 14.1. The zero-order valence-corrected chi connectivity index (χ0v) is 25.3. The first-order valence-corrected chi connectivity index (χ1v) is 17.5. The summed E-state index contributed by atoms with van der Waals surface area (Å²) in [6.07, 6.45) is -1.90. The fourth-order valence-corrected chi connectivity index (χ4v) is 7.56. The Balaban J connectivity index is 1.58. The quantitative estimate of drug-likeness (QED) is 0.338. The minimum absolute atomic E-state index is 0.0469. The van der Waals surface area contributed by atoms with E-state index in [1.807, 2.05) is 63.2 Å². The van der Waals surface area contributed by atoms with Crippen LogP contribution in [-0.2, 0) is 28.7 Å². The molecular weight excluding hydrogens is 518 g/mol. The van der Waals surface area contributed by atoms with E-state index in [-0.39, 0.29) is 16.0 Å². The van der Waals surface area contributed by atoms with E-state index < -0.39 is 42.4 Å². The summed E-state index contributed by atoms with van der Waals surface area (Å²) in [6.45, 7) is 17.1. The third kappa shape index (κ3) is 4.78. The number of benzene rings is 2. The fourth-order valence-electron chi connectivity index (χ4n) is 4.99. The first-order valence-electron chi connectivity index (χ1n) is 13.2. The smallest absolute Gasteiger partial charge is 0.268 e. The van der Waals surface area contributed by atoms with Gasteiger partial charge in [0.15, 0.2) is 14.1 Å². The SMILES string of the molecule is Cc1ccc(S(=O)(=O)n2c([C@H]3O[C@H](CO[Si](C)(C)C(C)(C)C)[C@H]4OC(C)(C)O[C@H]43)cc3ccccc32)cc1. The summed E-state index contributed by atoms with van der Waals surface area (Å²) in [4.78, 5) is 0.224. The van der Waals surface area contributed by atoms with Crippen LogP contribution in [0.3, 0.4) is 0 Å². The van der Waals surface area contributed by atoms with Crippen molar-refractivity contribution in [2.75, 3.05) is 6.61 Å². The molecule has 9 heteroatoms. The Morgan fingerprint density at radius 2 is 1.63 bits per heavy atom. The number of nitrogens with zero attached hydrogens (tertiary/aromatic N) is 1. The first kappa shape index (κ1) is 27.5. The van der Waals surface area contributed by atoms with Crippen LogP contribution in [0.1, 0.15) is 52.0 Å². The molecule has 0 radical (unpaired) electrons. The largest absolute Gasteiger partial charge is 0.414 e. The number of fused-ring (bicyclic) bond motifs is 2. The number of aromatic nitrogens is 1. The van der Waals surface area contributed by atoms with Gasteiger partial charge in [-0.05, 0) is 63.2 Å². The number of rotatable bonds is 6. The van der Waals surface area contributed by atoms with E-state index in [1.165, 1.54) is 3.97 Å². The molecule has 0 bridgehead atoms. The number of hydrogen-bond donors (Lipinski definition) is 0. The molecule has 2 aliphatic rings. The Kier molecular flexibility index (Phi) is 6.73. The lowest BCUT2D eigenvalue weighted by atomic mass is 10.1. The zero-order valence-electron chi connectivity index (χ0n) is 23.5. The summed E-state index contributed by atoms with van der Waals surface area (Å²) in [5.41, 5.74) is 2.12. The van der Waals surface area contributed by atoms with Crippen LogP contribution in [0.25, 0.3) is 10.9 Å². The van der Waals surface area contributed by atoms with Crippen molar-refractivity contribution in [2.24, 2.45) is 0 Å². The standard InChI is InChI=1S/C29H39NO6SSi/c1-19-13-15-21(16-14-19)37(31,32)30-22-12-10-9-11-20(22)17-23(30)25-27-26(35-29(5,6)36-27)24(34-25)18-33-38(7,8)28(2,3)4/h9-17,24-27H,18H2,1-8H3/t24-,25-,26-,27+/m1/s1. The third-order valence-corrected chi connectivity index (χ3v) is 14.4. The Labute approximate surface area is 227 Å². The molecule has 3 aromatic rings. The van der Waals surface area contributed by atoms with Crippen molar-refractivity contribution >= 4 is 29.2 Å². The Bertz CT molecular complexity index is 1440. The third-order valence-electron chi connectivity index (χ3n) is 8.11. The molecule has 0 spiro atoms. The second-order valence-electron chi connectivity index (χ2n) is 12.4. The highest BCUT2D eigenvalue weighted by Gasteiger charge is 2.57. The molecule has 38 heavy (non-hydrogen) atoms. The van der Waals surface area contributed by atoms with Gasteiger partial charge in [-0.3, -0.25) is 0 Å². The van der Waals surface area contributed by atoms with Gasteiger partial charge in [-0.25, -0.2) is 12.4 Å². The van der Waals surface area contributed by atoms with E-state index in [4.69, 9.17) is 18.6 Å². The van der Waals surface area contributed by atoms with Crippen LogP contribution in [0, 0.1) is 6.92 Å². The van der Waals surface area contributed by atoms with Crippen molar-refractivity contribution in [1.29, 1.82) is 0 Å². The van der Waals surface area contributed by atoms with E-state index in [9.17, 15) is 8.42 Å². The Morgan fingerprint density at radius 3 is 2.29 bits per heavy atom. The van der Waals surface area contributed by atoms with Crippen LogP contribution in [0.4, 0.5) is 0 Å². The Hall–Kier alpha value is -2.01. The van der Waals surface area contributed by atoms with E-state index >= 15 is 0 Å². The van der Waals surface area contributed by atoms with Gasteiger partial charge in [0.05, 0.1) is 22.7 Å². The highest BCUT2D eigenvalue weighted by molar-refractivity contribution is 7.90. The second-order valence-corrected chi connectivity index (χ2v) is 19.0. The maximum Gasteiger partial charge on any atom is 0.268 e. The van der Waals surface area contributed by atoms with Crippen LogP contribution in [-0.4, -0.2) is 51.4 Å². The molecule has 0 amide bonds. The van der Waals surface area contributed by atoms with Gasteiger partial charge in [0.1, 0.15) is 24.4 Å². The summed E-state index contributed by atoms with van der Waals surface area (Å²) in [5.74, 6) is -0.820. The fraction of sp³-hybridized carbons (Fsp3) is 0.517. The van der Waals surface area contributed by atoms with Crippen molar-refractivity contribution in [3.05, 3.63) is 65.9 Å². The Morgan fingerprint density at radius 1 is 1.00 bits per heavy atom. The maximum absolute atomic E-state index is 14.1. The summed E-state index contributed by atoms with van der Waals surface area (Å²) < 4.78 is 55.4. The van der Waals surface area contributed by atoms with Gasteiger partial charge in [-0.15, -0.1) is 0 Å². The van der Waals surface area contributed by atoms with Crippen molar-refractivity contribution in [2.45, 2.75) is 94.8 Å². The molecule has 0 saturated carbocycles. The lowest BCUT2D eigenvalue weighted by Crippen LogP contribution is -2.44. The normalized spacial score (nSPS) is 25.7. The zero-order chi connectivity index (χ0) is 27.7. The number of hydrogen-bond acceptors (Lipinski definition) is 6. The number of aryl methyl sites for hydroxylation is 1. The molecular formula is C29H39NO6SSi. The molecule has 4 atom stereocenters. The monoisotopic (exact) mass is 557 g/mol. The van der Waals surface area contributed by atoms with E-state index in [2.05, 4.69) is 33.9 Å². The number of para-hydroxylation sites is 1. The van der Waals surface area contributed by atoms with Crippen LogP contribution in [0.15, 0.2) is 59.5 Å². The van der Waals surface area contributed by atoms with Crippen molar-refractivity contribution in [1.82, 2.24) is 3.97 Å². The molecule has 0 aliphatic carbocycles. The molecule has 1 aromatic heterocycles. The molecule has 2 fully saturated rings. The summed E-state index contributed by atoms with van der Waals surface area (Å²) in [7, 11) is -5.97. The summed E-state index contributed by atoms with van der Waals surface area (Å²) in [5, 5.41) is 0.864. The van der Waals surface area contributed by atoms with Crippen molar-refractivity contribution < 1.29 is 27.1 Å². The molecule has 2 aliphatic heterocycles. The summed E-state index contributed by atoms with van der Waals surface area (Å²) in [6, 6.07) is 16.3. The van der Waals surface area contributed by atoms with Gasteiger partial charge in [-0.2, -0.15) is 0 Å². The van der Waals surface area contributed by atoms with Crippen LogP contribution < -0.4 is 0 Å². The predicted molar refractivity (Wildman–Crippen MR) is 150 cm³/mol. The number of ether oxygens (including phenoxy) is 3. The van der Waals surface area contributed by atoms with Gasteiger partial charge in [-0.1, -0.05) is 56.7 Å². The molecule has 7 nitrogen and oxygen atoms in total. The topological polar surface area (TPSA) is 76.0 Å². The molecule has 0 N–H and O–H groups in total. The van der Waals surface area contributed by atoms with E-state index in [0.717, 1.165) is 10.9 Å². The lowest BCUT2D eigenvalue weighted by Gasteiger charge is -2.37. The van der Waals surface area contributed by atoms with Gasteiger partial charge in [0.25, 0.3) is 10.0 Å². The van der Waals surface area contributed by atoms with Crippen LogP contribution in [0.2, 0.25) is 18.1 Å². The van der Waals surface area contributed by atoms with Gasteiger partial charge in [0, 0.05) is 5.39 Å². The van der Waals surface area contributed by atoms with E-state index in [0.29, 0.717) is 17.8 Å². The van der Waals surface area contributed by atoms with Crippen LogP contribution >= 0.6 is 0 Å². The highest BCUT2D eigenvalue weighted by atomic mass is 32.2. The first-order chi connectivity index (χ1) is 17.6. The van der Waals surface area contributed by atoms with Gasteiger partial charge in [0.2, 0.25) is 0 Å². The molecule has 206 valence electrons. The lowest BCUT2D eigenvalue weighted by molar-refractivity contribution is -0.191. The van der Waals surface area contributed by atoms with Gasteiger partial charge >= 0.3 is 0 Å². The molecule has 5 rings (SSSR count).